The lowest BCUT2D eigenvalue weighted by molar-refractivity contribution is -0.120. The predicted octanol–water partition coefficient (Wildman–Crippen LogP) is 0.763. The first kappa shape index (κ1) is 18.0. The van der Waals surface area contributed by atoms with Crippen LogP contribution in [0, 0.1) is 0 Å². The molecule has 28 heavy (non-hydrogen) atoms. The van der Waals surface area contributed by atoms with Crippen molar-refractivity contribution in [1.29, 1.82) is 0 Å². The number of aromatic nitrogens is 4. The van der Waals surface area contributed by atoms with E-state index in [1.165, 1.54) is 0 Å². The molecule has 146 valence electrons. The van der Waals surface area contributed by atoms with Crippen molar-refractivity contribution in [1.82, 2.24) is 30.0 Å². The standard InChI is InChI=1S/C19H24N8O/c1-20-19(21-8-7-17-23-15-5-3-4-6-16(15)24-17)26-9-10-27(18(28)13-26)14-11-22-25(2)12-14/h3-6,11-12H,7-10,13H2,1-2H3,(H,20,21)(H,23,24). The monoisotopic (exact) mass is 380 g/mol. The van der Waals surface area contributed by atoms with Gasteiger partial charge in [0.2, 0.25) is 5.91 Å². The van der Waals surface area contributed by atoms with Crippen LogP contribution in [0.5, 0.6) is 0 Å². The van der Waals surface area contributed by atoms with Crippen LogP contribution in [0.1, 0.15) is 5.82 Å². The van der Waals surface area contributed by atoms with Crippen molar-refractivity contribution in [2.45, 2.75) is 6.42 Å². The number of amides is 1. The van der Waals surface area contributed by atoms with Crippen molar-refractivity contribution in [3.8, 4) is 0 Å². The third-order valence-corrected chi connectivity index (χ3v) is 4.82. The number of carbonyl (C=O) groups excluding carboxylic acids is 1. The fourth-order valence-corrected chi connectivity index (χ4v) is 3.42. The van der Waals surface area contributed by atoms with Crippen LogP contribution in [0.15, 0.2) is 41.7 Å². The van der Waals surface area contributed by atoms with Gasteiger partial charge in [-0.05, 0) is 12.1 Å². The van der Waals surface area contributed by atoms with Gasteiger partial charge in [0.15, 0.2) is 5.96 Å². The number of imidazole rings is 1. The number of aromatic amines is 1. The fourth-order valence-electron chi connectivity index (χ4n) is 3.42. The molecular weight excluding hydrogens is 356 g/mol. The molecule has 0 radical (unpaired) electrons. The van der Waals surface area contributed by atoms with Crippen molar-refractivity contribution in [3.63, 3.8) is 0 Å². The van der Waals surface area contributed by atoms with Gasteiger partial charge in [0.25, 0.3) is 0 Å². The number of anilines is 1. The summed E-state index contributed by atoms with van der Waals surface area (Å²) >= 11 is 0. The summed E-state index contributed by atoms with van der Waals surface area (Å²) in [5.74, 6) is 1.71. The lowest BCUT2D eigenvalue weighted by atomic mass is 10.3. The average Bonchev–Trinajstić information content (AvgIpc) is 3.31. The highest BCUT2D eigenvalue weighted by Crippen LogP contribution is 2.16. The minimum absolute atomic E-state index is 0.0412. The Balaban J connectivity index is 1.32. The second kappa shape index (κ2) is 7.71. The van der Waals surface area contributed by atoms with Crippen LogP contribution in [-0.4, -0.2) is 69.7 Å². The van der Waals surface area contributed by atoms with E-state index in [2.05, 4.69) is 25.4 Å². The molecule has 9 nitrogen and oxygen atoms in total. The summed E-state index contributed by atoms with van der Waals surface area (Å²) in [5.41, 5.74) is 2.85. The number of para-hydroxylation sites is 2. The maximum absolute atomic E-state index is 12.6. The fraction of sp³-hybridized carbons (Fsp3) is 0.368. The van der Waals surface area contributed by atoms with Crippen LogP contribution >= 0.6 is 0 Å². The largest absolute Gasteiger partial charge is 0.356 e. The number of nitrogens with zero attached hydrogens (tertiary/aromatic N) is 6. The first-order chi connectivity index (χ1) is 13.6. The molecule has 1 fully saturated rings. The Morgan fingerprint density at radius 2 is 2.18 bits per heavy atom. The number of hydrogen-bond donors (Lipinski definition) is 2. The maximum atomic E-state index is 12.6. The highest BCUT2D eigenvalue weighted by atomic mass is 16.2. The lowest BCUT2D eigenvalue weighted by Crippen LogP contribution is -2.55. The number of carbonyl (C=O) groups is 1. The first-order valence-electron chi connectivity index (χ1n) is 9.32. The van der Waals surface area contributed by atoms with Crippen LogP contribution in [0.2, 0.25) is 0 Å². The first-order valence-corrected chi connectivity index (χ1v) is 9.32. The molecule has 1 aliphatic rings. The van der Waals surface area contributed by atoms with Crippen molar-refractivity contribution in [3.05, 3.63) is 42.5 Å². The van der Waals surface area contributed by atoms with E-state index in [-0.39, 0.29) is 5.91 Å². The third kappa shape index (κ3) is 3.68. The Kier molecular flexibility index (Phi) is 4.96. The van der Waals surface area contributed by atoms with Crippen LogP contribution in [0.25, 0.3) is 11.0 Å². The highest BCUT2D eigenvalue weighted by Gasteiger charge is 2.27. The maximum Gasteiger partial charge on any atom is 0.246 e. The zero-order valence-electron chi connectivity index (χ0n) is 16.1. The third-order valence-electron chi connectivity index (χ3n) is 4.82. The second-order valence-corrected chi connectivity index (χ2v) is 6.76. The number of benzene rings is 1. The van der Waals surface area contributed by atoms with Gasteiger partial charge in [0.05, 0.1) is 22.9 Å². The van der Waals surface area contributed by atoms with E-state index in [0.717, 1.165) is 34.9 Å². The van der Waals surface area contributed by atoms with E-state index in [0.29, 0.717) is 26.2 Å². The van der Waals surface area contributed by atoms with Gasteiger partial charge in [0.1, 0.15) is 12.4 Å². The van der Waals surface area contributed by atoms with E-state index >= 15 is 0 Å². The second-order valence-electron chi connectivity index (χ2n) is 6.76. The number of H-pyrrole nitrogens is 1. The summed E-state index contributed by atoms with van der Waals surface area (Å²) in [6.07, 6.45) is 4.32. The van der Waals surface area contributed by atoms with Gasteiger partial charge < -0.3 is 20.1 Å². The van der Waals surface area contributed by atoms with Crippen molar-refractivity contribution in [2.75, 3.05) is 38.1 Å². The molecule has 3 heterocycles. The molecule has 0 bridgehead atoms. The molecule has 0 unspecified atom stereocenters. The normalized spacial score (nSPS) is 15.5. The number of aliphatic imine (C=N–C) groups is 1. The van der Waals surface area contributed by atoms with Gasteiger partial charge in [-0.3, -0.25) is 14.5 Å². The van der Waals surface area contributed by atoms with Gasteiger partial charge in [-0.1, -0.05) is 12.1 Å². The van der Waals surface area contributed by atoms with Gasteiger partial charge in [-0.15, -0.1) is 0 Å². The van der Waals surface area contributed by atoms with Gasteiger partial charge >= 0.3 is 0 Å². The van der Waals surface area contributed by atoms with E-state index in [1.807, 2.05) is 42.4 Å². The minimum atomic E-state index is 0.0412. The molecule has 0 saturated carbocycles. The number of aryl methyl sites for hydroxylation is 1. The Morgan fingerprint density at radius 1 is 1.32 bits per heavy atom. The molecule has 1 amide bonds. The number of guanidine groups is 1. The summed E-state index contributed by atoms with van der Waals surface area (Å²) in [6, 6.07) is 7.99. The number of hydrogen-bond acceptors (Lipinski definition) is 4. The van der Waals surface area contributed by atoms with Crippen molar-refractivity contribution in [2.24, 2.45) is 12.0 Å². The molecule has 1 saturated heterocycles. The summed E-state index contributed by atoms with van der Waals surface area (Å²) in [7, 11) is 3.58. The Hall–Kier alpha value is -3.36. The molecular formula is C19H24N8O. The zero-order chi connectivity index (χ0) is 19.5. The minimum Gasteiger partial charge on any atom is -0.356 e. The predicted molar refractivity (Wildman–Crippen MR) is 108 cm³/mol. The molecule has 1 aliphatic heterocycles. The highest BCUT2D eigenvalue weighted by molar-refractivity contribution is 5.98. The summed E-state index contributed by atoms with van der Waals surface area (Å²) in [5, 5.41) is 7.49. The summed E-state index contributed by atoms with van der Waals surface area (Å²) in [6.45, 7) is 2.29. The van der Waals surface area contributed by atoms with Gasteiger partial charge in [-0.2, -0.15) is 5.10 Å². The molecule has 2 N–H and O–H groups in total. The zero-order valence-corrected chi connectivity index (χ0v) is 16.1. The molecule has 9 heteroatoms. The molecule has 0 spiro atoms. The lowest BCUT2D eigenvalue weighted by Gasteiger charge is -2.35. The number of nitrogens with one attached hydrogen (secondary N) is 2. The Labute approximate surface area is 163 Å². The van der Waals surface area contributed by atoms with Gasteiger partial charge in [-0.25, -0.2) is 4.98 Å². The molecule has 4 rings (SSSR count). The number of piperazine rings is 1. The quantitative estimate of drug-likeness (QED) is 0.515. The topological polar surface area (TPSA) is 94.4 Å². The molecule has 1 aromatic carbocycles. The number of fused-ring (bicyclic) bond motifs is 1. The van der Waals surface area contributed by atoms with Crippen LogP contribution in [0.4, 0.5) is 5.69 Å². The Morgan fingerprint density at radius 3 is 2.89 bits per heavy atom. The summed E-state index contributed by atoms with van der Waals surface area (Å²) < 4.78 is 1.70. The molecule has 3 aromatic rings. The number of rotatable bonds is 4. The SMILES string of the molecule is CN=C(NCCc1nc2ccccc2[nH]1)N1CCN(c2cnn(C)c2)C(=O)C1. The smallest absolute Gasteiger partial charge is 0.246 e. The van der Waals surface area contributed by atoms with E-state index in [4.69, 9.17) is 0 Å². The summed E-state index contributed by atoms with van der Waals surface area (Å²) in [4.78, 5) is 28.6. The van der Waals surface area contributed by atoms with Crippen LogP contribution in [0.3, 0.4) is 0 Å². The van der Waals surface area contributed by atoms with Crippen LogP contribution < -0.4 is 10.2 Å². The van der Waals surface area contributed by atoms with Crippen molar-refractivity contribution < 1.29 is 4.79 Å². The van der Waals surface area contributed by atoms with Crippen LogP contribution in [-0.2, 0) is 18.3 Å². The van der Waals surface area contributed by atoms with Gasteiger partial charge in [0, 0.05) is 46.3 Å². The van der Waals surface area contributed by atoms with E-state index < -0.39 is 0 Å². The average molecular weight is 380 g/mol. The van der Waals surface area contributed by atoms with Crippen molar-refractivity contribution >= 4 is 28.6 Å². The Bertz CT molecular complexity index is 971. The molecule has 0 aliphatic carbocycles. The van der Waals surface area contributed by atoms with E-state index in [9.17, 15) is 4.79 Å². The molecule has 0 atom stereocenters. The van der Waals surface area contributed by atoms with E-state index in [1.54, 1.807) is 22.8 Å². The molecule has 2 aromatic heterocycles.